The average molecular weight is 385 g/mol. The van der Waals surface area contributed by atoms with Gasteiger partial charge in [-0.3, -0.25) is 9.78 Å². The van der Waals surface area contributed by atoms with E-state index in [9.17, 15) is 9.59 Å². The van der Waals surface area contributed by atoms with Crippen LogP contribution in [-0.4, -0.2) is 57.9 Å². The van der Waals surface area contributed by atoms with E-state index in [1.54, 1.807) is 40.3 Å². The highest BCUT2D eigenvalue weighted by Gasteiger charge is 2.26. The minimum Gasteiger partial charge on any atom is -0.409 e. The second-order valence-corrected chi connectivity index (χ2v) is 6.69. The third kappa shape index (κ3) is 3.73. The van der Waals surface area contributed by atoms with Crippen molar-refractivity contribution in [2.24, 2.45) is 0 Å². The average Bonchev–Trinajstić information content (AvgIpc) is 3.11. The molecule has 1 saturated heterocycles. The minimum absolute atomic E-state index is 0.0948. The Morgan fingerprint density at radius 1 is 1.07 bits per heavy atom. The van der Waals surface area contributed by atoms with Crippen molar-refractivity contribution in [1.82, 2.24) is 19.8 Å². The maximum Gasteiger partial charge on any atom is 0.415 e. The highest BCUT2D eigenvalue weighted by atomic mass is 35.5. The summed E-state index contributed by atoms with van der Waals surface area (Å²) in [7, 11) is 0. The number of H-pyrrole nitrogens is 1. The summed E-state index contributed by atoms with van der Waals surface area (Å²) in [6.07, 6.45) is 2.66. The maximum absolute atomic E-state index is 12.7. The summed E-state index contributed by atoms with van der Waals surface area (Å²) in [5, 5.41) is 1.55. The smallest absolute Gasteiger partial charge is 0.409 e. The van der Waals surface area contributed by atoms with E-state index in [0.29, 0.717) is 42.6 Å². The number of piperazine rings is 1. The van der Waals surface area contributed by atoms with E-state index in [1.807, 2.05) is 12.1 Å². The van der Waals surface area contributed by atoms with Crippen molar-refractivity contribution in [2.45, 2.75) is 0 Å². The van der Waals surface area contributed by atoms with Gasteiger partial charge in [0.05, 0.1) is 6.20 Å². The normalized spacial score (nSPS) is 14.4. The molecule has 1 aliphatic rings. The van der Waals surface area contributed by atoms with Gasteiger partial charge in [0.15, 0.2) is 5.75 Å². The molecule has 0 saturated carbocycles. The van der Waals surface area contributed by atoms with Crippen LogP contribution in [0.2, 0.25) is 5.02 Å². The fourth-order valence-electron chi connectivity index (χ4n) is 3.05. The van der Waals surface area contributed by atoms with Crippen molar-refractivity contribution in [3.05, 3.63) is 59.5 Å². The molecule has 0 bridgehead atoms. The lowest BCUT2D eigenvalue weighted by molar-refractivity contribution is 0.0629. The molecule has 7 nitrogen and oxygen atoms in total. The molecule has 3 heterocycles. The molecule has 0 spiro atoms. The number of nitrogens with zero attached hydrogens (tertiary/aromatic N) is 3. The molecule has 27 heavy (non-hydrogen) atoms. The quantitative estimate of drug-likeness (QED) is 0.736. The highest BCUT2D eigenvalue weighted by molar-refractivity contribution is 6.31. The van der Waals surface area contributed by atoms with Crippen molar-refractivity contribution in [2.75, 3.05) is 26.2 Å². The lowest BCUT2D eigenvalue weighted by Crippen LogP contribution is -2.51. The number of carbonyl (C=O) groups is 2. The molecule has 0 atom stereocenters. The number of carbonyl (C=O) groups excluding carboxylic acids is 2. The van der Waals surface area contributed by atoms with Gasteiger partial charge in [0, 0.05) is 48.3 Å². The van der Waals surface area contributed by atoms with Gasteiger partial charge in [0.25, 0.3) is 5.91 Å². The predicted molar refractivity (Wildman–Crippen MR) is 101 cm³/mol. The number of halogens is 1. The van der Waals surface area contributed by atoms with Gasteiger partial charge in [-0.2, -0.15) is 0 Å². The van der Waals surface area contributed by atoms with Gasteiger partial charge in [-0.05, 0) is 30.3 Å². The van der Waals surface area contributed by atoms with Gasteiger partial charge in [0.2, 0.25) is 0 Å². The van der Waals surface area contributed by atoms with E-state index in [1.165, 1.54) is 6.20 Å². The topological polar surface area (TPSA) is 78.5 Å². The summed E-state index contributed by atoms with van der Waals surface area (Å²) in [6.45, 7) is 1.71. The zero-order chi connectivity index (χ0) is 18.8. The third-order valence-corrected chi connectivity index (χ3v) is 4.71. The first-order valence-corrected chi connectivity index (χ1v) is 8.92. The first-order chi connectivity index (χ1) is 13.1. The van der Waals surface area contributed by atoms with Crippen LogP contribution in [0.1, 0.15) is 10.5 Å². The monoisotopic (exact) mass is 384 g/mol. The molecule has 0 radical (unpaired) electrons. The summed E-state index contributed by atoms with van der Waals surface area (Å²) in [6, 6.07) is 10.6. The van der Waals surface area contributed by atoms with Crippen LogP contribution in [-0.2, 0) is 0 Å². The zero-order valence-electron chi connectivity index (χ0n) is 14.4. The Bertz CT molecular complexity index is 981. The van der Waals surface area contributed by atoms with Crippen LogP contribution in [0.5, 0.6) is 5.75 Å². The highest BCUT2D eigenvalue weighted by Crippen LogP contribution is 2.21. The lowest BCUT2D eigenvalue weighted by Gasteiger charge is -2.33. The second kappa shape index (κ2) is 7.28. The lowest BCUT2D eigenvalue weighted by atomic mass is 10.2. The molecule has 0 aliphatic carbocycles. The molecule has 0 unspecified atom stereocenters. The summed E-state index contributed by atoms with van der Waals surface area (Å²) in [4.78, 5) is 35.3. The van der Waals surface area contributed by atoms with Crippen molar-refractivity contribution >= 4 is 34.5 Å². The summed E-state index contributed by atoms with van der Waals surface area (Å²) < 4.78 is 5.29. The Hall–Kier alpha value is -3.06. The largest absolute Gasteiger partial charge is 0.415 e. The number of amides is 2. The number of nitrogens with one attached hydrogen (secondary N) is 1. The Morgan fingerprint density at radius 3 is 2.59 bits per heavy atom. The minimum atomic E-state index is -0.435. The summed E-state index contributed by atoms with van der Waals surface area (Å²) >= 11 is 5.99. The van der Waals surface area contributed by atoms with Gasteiger partial charge in [-0.25, -0.2) is 4.79 Å². The van der Waals surface area contributed by atoms with E-state index < -0.39 is 6.09 Å². The second-order valence-electron chi connectivity index (χ2n) is 6.25. The van der Waals surface area contributed by atoms with Crippen molar-refractivity contribution in [1.29, 1.82) is 0 Å². The first-order valence-electron chi connectivity index (χ1n) is 8.54. The van der Waals surface area contributed by atoms with E-state index in [-0.39, 0.29) is 5.91 Å². The number of aromatic nitrogens is 2. The van der Waals surface area contributed by atoms with Crippen LogP contribution in [0.4, 0.5) is 4.79 Å². The fourth-order valence-corrected chi connectivity index (χ4v) is 3.22. The van der Waals surface area contributed by atoms with Crippen LogP contribution in [0.3, 0.4) is 0 Å². The number of rotatable bonds is 2. The Balaban J connectivity index is 1.38. The number of hydrogen-bond acceptors (Lipinski definition) is 4. The van der Waals surface area contributed by atoms with E-state index >= 15 is 0 Å². The van der Waals surface area contributed by atoms with Crippen LogP contribution >= 0.6 is 11.6 Å². The first kappa shape index (κ1) is 17.4. The fraction of sp³-hybridized carbons (Fsp3) is 0.211. The molecule has 4 rings (SSSR count). The molecule has 2 amide bonds. The molecule has 1 fully saturated rings. The Labute approximate surface area is 160 Å². The van der Waals surface area contributed by atoms with Crippen LogP contribution in [0.25, 0.3) is 10.9 Å². The van der Waals surface area contributed by atoms with Gasteiger partial charge < -0.3 is 19.5 Å². The number of aromatic amines is 1. The number of benzene rings is 1. The Kier molecular flexibility index (Phi) is 4.68. The van der Waals surface area contributed by atoms with Gasteiger partial charge >= 0.3 is 6.09 Å². The van der Waals surface area contributed by atoms with Crippen molar-refractivity contribution in [3.8, 4) is 5.75 Å². The van der Waals surface area contributed by atoms with E-state index in [4.69, 9.17) is 16.3 Å². The maximum atomic E-state index is 12.7. The summed E-state index contributed by atoms with van der Waals surface area (Å²) in [5.74, 6) is 0.306. The summed E-state index contributed by atoms with van der Waals surface area (Å²) in [5.41, 5.74) is 1.34. The zero-order valence-corrected chi connectivity index (χ0v) is 15.1. The predicted octanol–water partition coefficient (Wildman–Crippen LogP) is 3.17. The SMILES string of the molecule is O=C(Oc1cccnc1)N1CCN(C(=O)c2cc3ccc(Cl)cc3[nH]2)CC1. The van der Waals surface area contributed by atoms with E-state index in [0.717, 1.165) is 10.9 Å². The van der Waals surface area contributed by atoms with Crippen LogP contribution in [0, 0.1) is 0 Å². The molecule has 138 valence electrons. The molecular weight excluding hydrogens is 368 g/mol. The number of hydrogen-bond donors (Lipinski definition) is 1. The van der Waals surface area contributed by atoms with Crippen LogP contribution in [0.15, 0.2) is 48.8 Å². The van der Waals surface area contributed by atoms with Gasteiger partial charge in [-0.15, -0.1) is 0 Å². The van der Waals surface area contributed by atoms with E-state index in [2.05, 4.69) is 9.97 Å². The van der Waals surface area contributed by atoms with Gasteiger partial charge in [0.1, 0.15) is 5.69 Å². The third-order valence-electron chi connectivity index (χ3n) is 4.48. The molecule has 1 aromatic carbocycles. The molecule has 2 aromatic heterocycles. The number of fused-ring (bicyclic) bond motifs is 1. The van der Waals surface area contributed by atoms with Crippen molar-refractivity contribution < 1.29 is 14.3 Å². The molecular formula is C19H17ClN4O3. The molecule has 1 N–H and O–H groups in total. The van der Waals surface area contributed by atoms with Crippen molar-refractivity contribution in [3.63, 3.8) is 0 Å². The molecule has 3 aromatic rings. The standard InChI is InChI=1S/C19H17ClN4O3/c20-14-4-3-13-10-17(22-16(13)11-14)18(25)23-6-8-24(9-7-23)19(26)27-15-2-1-5-21-12-15/h1-5,10-12,22H,6-9H2. The molecule has 8 heteroatoms. The van der Waals surface area contributed by atoms with Crippen LogP contribution < -0.4 is 4.74 Å². The number of pyridine rings is 1. The molecule has 1 aliphatic heterocycles. The Morgan fingerprint density at radius 2 is 1.85 bits per heavy atom. The number of ether oxygens (including phenoxy) is 1. The van der Waals surface area contributed by atoms with Gasteiger partial charge in [-0.1, -0.05) is 17.7 Å².